The first-order chi connectivity index (χ1) is 37.2. The van der Waals surface area contributed by atoms with Gasteiger partial charge in [-0.3, -0.25) is 29.7 Å². The van der Waals surface area contributed by atoms with E-state index in [2.05, 4.69) is 217 Å². The van der Waals surface area contributed by atoms with Crippen LogP contribution < -0.4 is 75.1 Å². The molecule has 0 aliphatic rings. The summed E-state index contributed by atoms with van der Waals surface area (Å²) in [6, 6.07) is -1.34. The van der Waals surface area contributed by atoms with Gasteiger partial charge in [-0.25, -0.2) is 21.9 Å². The molecule has 0 aromatic rings. The molecule has 2 amide bonds. The number of nitrogens with one attached hydrogen (secondary N) is 3. The van der Waals surface area contributed by atoms with Crippen LogP contribution in [0.25, 0.3) is 0 Å². The number of amides is 2. The van der Waals surface area contributed by atoms with Crippen LogP contribution in [-0.4, -0.2) is 128 Å². The van der Waals surface area contributed by atoms with Crippen molar-refractivity contribution in [1.82, 2.24) is 21.0 Å². The Morgan fingerprint density at radius 2 is 0.825 bits per heavy atom. The molecule has 0 aromatic heterocycles. The molecule has 0 saturated carbocycles. The third-order valence-electron chi connectivity index (χ3n) is 6.50. The number of nitrogens with zero attached hydrogens (tertiary/aromatic N) is 1. The molecule has 400 valence electrons. The van der Waals surface area contributed by atoms with Gasteiger partial charge in [0.15, 0.2) is 0 Å². The summed E-state index contributed by atoms with van der Waals surface area (Å²) in [5.41, 5.74) is 0. The molecule has 0 aliphatic heterocycles. The molecule has 0 radical (unpaired) electrons. The second-order valence-electron chi connectivity index (χ2n) is 12.7. The second-order valence-corrected chi connectivity index (χ2v) is 16.8. The van der Waals surface area contributed by atoms with Gasteiger partial charge in [-0.1, -0.05) is 35.5 Å². The van der Waals surface area contributed by atoms with Crippen LogP contribution in [0.5, 0.6) is 0 Å². The first-order valence-electron chi connectivity index (χ1n) is 21.6. The fourth-order valence-corrected chi connectivity index (χ4v) is 5.49. The van der Waals surface area contributed by atoms with Gasteiger partial charge in [-0.15, -0.1) is 0 Å². The van der Waals surface area contributed by atoms with Crippen LogP contribution >= 0.6 is 11.8 Å². The number of hydrogen-bond donors (Lipinski definition) is 4. The Bertz CT molecular complexity index is 3220. The molecule has 3 atom stereocenters. The Kier molecular flexibility index (Phi) is 63.5. The van der Waals surface area contributed by atoms with Gasteiger partial charge in [0.25, 0.3) is 5.91 Å². The summed E-state index contributed by atoms with van der Waals surface area (Å²) in [7, 11) is -9.21. The van der Waals surface area contributed by atoms with Crippen molar-refractivity contribution in [3.8, 4) is 201 Å². The summed E-state index contributed by atoms with van der Waals surface area (Å²) >= 11 is 1.01. The van der Waals surface area contributed by atoms with E-state index in [-0.39, 0.29) is 95.4 Å². The van der Waals surface area contributed by atoms with Crippen molar-refractivity contribution in [1.29, 1.82) is 0 Å². The zero-order chi connectivity index (χ0) is 59.6. The number of rotatable bonds is 19. The van der Waals surface area contributed by atoms with Gasteiger partial charge < -0.3 is 29.2 Å². The van der Waals surface area contributed by atoms with Crippen molar-refractivity contribution in [3.63, 3.8) is 0 Å². The first-order valence-corrected chi connectivity index (χ1v) is 26.0. The molecule has 80 heavy (non-hydrogen) atoms. The SMILES string of the molecule is CC#CC#CC#CC#CC#CC.CC#CC#CC#CC#CC#CC.CC#CC#CC#CC#CC#CC#CC#CC.CC(=O)NC(CSCC(COC(C)=O)OC(C)=O)C(=O)N(O)C(CNCCS(=O)(=O)[O-])NCCS(=O)(=O)[O-].[Na+].[Na+]. The number of carbonyl (C=O) groups is 4. The van der Waals surface area contributed by atoms with Crippen LogP contribution in [0.1, 0.15) is 62.3 Å². The summed E-state index contributed by atoms with van der Waals surface area (Å²) in [6.07, 6.45) is -2.28. The van der Waals surface area contributed by atoms with E-state index < -0.39 is 80.4 Å². The van der Waals surface area contributed by atoms with Gasteiger partial charge >= 0.3 is 71.1 Å². The Labute approximate surface area is 522 Å². The predicted molar refractivity (Wildman–Crippen MR) is 296 cm³/mol. The summed E-state index contributed by atoms with van der Waals surface area (Å²) in [5, 5.41) is 17.9. The number of ether oxygens (including phenoxy) is 2. The van der Waals surface area contributed by atoms with Crippen molar-refractivity contribution in [2.45, 2.75) is 80.6 Å². The molecule has 0 bridgehead atoms. The third-order valence-corrected chi connectivity index (χ3v) is 9.09. The Hall–Kier alpha value is -7.55. The van der Waals surface area contributed by atoms with Crippen LogP contribution in [0.3, 0.4) is 0 Å². The molecule has 0 heterocycles. The standard InChI is InChI=1S/C18H34N4O13S3.C16H6.2C12H6.2Na/c1-12(23)21-16(11-36-10-15(35-14(3)25)9-34-13(2)24)18(26)22(27)17(20-5-7-38(31,32)33)8-19-4-6-37(28,29)30;1-3-5-7-9-11-13-15-16-14-12-10-8-6-4-2;2*1-3-5-7-9-11-12-10-8-6-4-2;;/h15-17,19-20,27H,4-11H2,1-3H3,(H,21,23)(H,28,29,30)(H,31,32,33);1-2H3;2*1-2H3;;/q;;;;2*+1/p-2. The first kappa shape index (κ1) is 83.8. The molecule has 0 aliphatic carbocycles. The predicted octanol–water partition coefficient (Wildman–Crippen LogP) is -6.32. The Balaban J connectivity index is -0.000000266. The average Bonchev–Trinajstić information content (AvgIpc) is 3.37. The quantitative estimate of drug-likeness (QED) is 0.0137. The fraction of sp³-hybridized carbons (Fsp3) is 0.345. The molecule has 0 aromatic carbocycles. The second kappa shape index (κ2) is 60.7. The smallest absolute Gasteiger partial charge is 0.748 e. The molecule has 0 fully saturated rings. The topological polar surface area (TPSA) is 261 Å². The fourth-order valence-electron chi connectivity index (χ4n) is 3.71. The van der Waals surface area contributed by atoms with E-state index in [0.29, 0.717) is 0 Å². The van der Waals surface area contributed by atoms with Gasteiger partial charge in [0, 0.05) is 51.9 Å². The maximum atomic E-state index is 12.9. The van der Waals surface area contributed by atoms with E-state index in [1.54, 1.807) is 41.5 Å². The normalized spacial score (nSPS) is 8.65. The molecule has 4 N–H and O–H groups in total. The summed E-state index contributed by atoms with van der Waals surface area (Å²) in [4.78, 5) is 46.9. The van der Waals surface area contributed by atoms with Crippen LogP contribution in [-0.2, 0) is 48.9 Å². The Morgan fingerprint density at radius 1 is 0.512 bits per heavy atom. The van der Waals surface area contributed by atoms with Crippen molar-refractivity contribution in [3.05, 3.63) is 0 Å². The van der Waals surface area contributed by atoms with Crippen molar-refractivity contribution >= 4 is 55.8 Å². The minimum atomic E-state index is -4.65. The van der Waals surface area contributed by atoms with Gasteiger partial charge in [0.05, 0.1) is 31.7 Å². The molecule has 17 nitrogen and oxygen atoms in total. The van der Waals surface area contributed by atoms with E-state index in [0.717, 1.165) is 32.5 Å². The number of carbonyl (C=O) groups excluding carboxylic acids is 4. The van der Waals surface area contributed by atoms with Gasteiger partial charge in [0.2, 0.25) is 5.91 Å². The molecular formula is C58H50N4Na2O13S3. The van der Waals surface area contributed by atoms with E-state index in [4.69, 9.17) is 9.47 Å². The molecule has 0 saturated heterocycles. The molecule has 0 rings (SSSR count). The zero-order valence-electron chi connectivity index (χ0n) is 45.9. The Morgan fingerprint density at radius 3 is 1.10 bits per heavy atom. The summed E-state index contributed by atoms with van der Waals surface area (Å²) in [6.45, 7) is 12.2. The van der Waals surface area contributed by atoms with Crippen LogP contribution in [0.4, 0.5) is 0 Å². The minimum Gasteiger partial charge on any atom is -0.748 e. The van der Waals surface area contributed by atoms with E-state index in [1.165, 1.54) is 0 Å². The zero-order valence-corrected chi connectivity index (χ0v) is 52.4. The maximum Gasteiger partial charge on any atom is 1.00 e. The van der Waals surface area contributed by atoms with Gasteiger partial charge in [0.1, 0.15) is 24.9 Å². The van der Waals surface area contributed by atoms with Crippen molar-refractivity contribution in [2.75, 3.05) is 49.3 Å². The number of esters is 2. The summed E-state index contributed by atoms with van der Waals surface area (Å²) < 4.78 is 74.7. The third kappa shape index (κ3) is 70.5. The van der Waals surface area contributed by atoms with E-state index >= 15 is 0 Å². The van der Waals surface area contributed by atoms with E-state index in [9.17, 15) is 50.3 Å². The minimum absolute atomic E-state index is 0. The summed E-state index contributed by atoms with van der Waals surface area (Å²) in [5.74, 6) is 81.9. The maximum absolute atomic E-state index is 12.9. The van der Waals surface area contributed by atoms with Crippen molar-refractivity contribution < 1.29 is 119 Å². The molecular weight excluding hydrogens is 1100 g/mol. The van der Waals surface area contributed by atoms with Gasteiger partial charge in [-0.05, 0) is 207 Å². The van der Waals surface area contributed by atoms with Gasteiger partial charge in [-0.2, -0.15) is 11.8 Å². The average molecular weight is 1150 g/mol. The molecule has 3 unspecified atom stereocenters. The van der Waals surface area contributed by atoms with Crippen LogP contribution in [0.15, 0.2) is 0 Å². The number of thioether (sulfide) groups is 1. The monoisotopic (exact) mass is 1150 g/mol. The molecule has 0 spiro atoms. The van der Waals surface area contributed by atoms with Crippen LogP contribution in [0, 0.1) is 201 Å². The van der Waals surface area contributed by atoms with E-state index in [1.807, 2.05) is 0 Å². The van der Waals surface area contributed by atoms with Crippen LogP contribution in [0.2, 0.25) is 0 Å². The number of hydroxylamine groups is 2. The largest absolute Gasteiger partial charge is 1.00 e. The molecule has 22 heteroatoms. The number of hydrogen-bond acceptors (Lipinski definition) is 16. The van der Waals surface area contributed by atoms with Crippen molar-refractivity contribution in [2.24, 2.45) is 0 Å².